The van der Waals surface area contributed by atoms with Gasteiger partial charge in [0, 0.05) is 35.3 Å². The number of ether oxygens (including phenoxy) is 2. The van der Waals surface area contributed by atoms with E-state index in [2.05, 4.69) is 10.6 Å². The van der Waals surface area contributed by atoms with Crippen molar-refractivity contribution in [3.8, 4) is 5.75 Å². The van der Waals surface area contributed by atoms with Crippen molar-refractivity contribution in [2.75, 3.05) is 0 Å². The number of alkyl carbamates (subject to hydrolysis) is 1. The van der Waals surface area contributed by atoms with Gasteiger partial charge in [-0.1, -0.05) is 12.1 Å². The molecule has 0 spiro atoms. The molecule has 4 amide bonds. The molecule has 0 radical (unpaired) electrons. The lowest BCUT2D eigenvalue weighted by atomic mass is 10.0. The van der Waals surface area contributed by atoms with E-state index in [4.69, 9.17) is 9.47 Å². The average molecular weight is 486 g/mol. The van der Waals surface area contributed by atoms with Gasteiger partial charge in [-0.05, 0) is 44.9 Å². The summed E-state index contributed by atoms with van der Waals surface area (Å²) in [6.45, 7) is 6.40. The van der Waals surface area contributed by atoms with Crippen molar-refractivity contribution in [3.05, 3.63) is 51.2 Å². The molecule has 0 aliphatic carbocycles. The van der Waals surface area contributed by atoms with Crippen LogP contribution in [0, 0.1) is 0 Å². The lowest BCUT2D eigenvalue weighted by Crippen LogP contribution is -2.52. The van der Waals surface area contributed by atoms with Crippen molar-refractivity contribution in [2.45, 2.75) is 65.0 Å². The normalized spacial score (nSPS) is 17.9. The second kappa shape index (κ2) is 9.46. The zero-order chi connectivity index (χ0) is 24.5. The molecule has 2 aliphatic rings. The number of piperidine rings is 1. The third-order valence-corrected chi connectivity index (χ3v) is 6.52. The van der Waals surface area contributed by atoms with Gasteiger partial charge in [0.25, 0.3) is 5.91 Å². The van der Waals surface area contributed by atoms with Crippen molar-refractivity contribution in [1.82, 2.24) is 15.5 Å². The standard InChI is InChI=1S/C24H27N3O6S/c1-24(2,3)33-23(31)25-10-14-4-6-15(7-5-14)32-12-19-16-11-27(22(30)17(16)13-34-19)18-8-9-20(28)26-21(18)29/h4-7,13,18H,8-12H2,1-3H3,(H,25,31)(H,26,28,29). The highest BCUT2D eigenvalue weighted by atomic mass is 32.1. The molecule has 3 heterocycles. The Labute approximate surface area is 201 Å². The first-order valence-corrected chi connectivity index (χ1v) is 11.9. The Morgan fingerprint density at radius 3 is 2.62 bits per heavy atom. The maximum absolute atomic E-state index is 12.8. The third-order valence-electron chi connectivity index (χ3n) is 5.52. The molecule has 1 atom stereocenters. The van der Waals surface area contributed by atoms with Crippen LogP contribution in [0.2, 0.25) is 0 Å². The van der Waals surface area contributed by atoms with E-state index in [-0.39, 0.29) is 18.2 Å². The van der Waals surface area contributed by atoms with Crippen LogP contribution in [-0.2, 0) is 34.0 Å². The number of hydrogen-bond acceptors (Lipinski definition) is 7. The number of carbonyl (C=O) groups is 4. The van der Waals surface area contributed by atoms with Crippen LogP contribution in [-0.4, -0.2) is 40.4 Å². The molecule has 1 aromatic heterocycles. The van der Waals surface area contributed by atoms with Crippen molar-refractivity contribution >= 4 is 35.2 Å². The van der Waals surface area contributed by atoms with Crippen molar-refractivity contribution < 1.29 is 28.7 Å². The molecule has 1 saturated heterocycles. The van der Waals surface area contributed by atoms with Crippen LogP contribution in [0.25, 0.3) is 0 Å². The monoisotopic (exact) mass is 485 g/mol. The van der Waals surface area contributed by atoms with Gasteiger partial charge in [0.1, 0.15) is 24.0 Å². The van der Waals surface area contributed by atoms with Gasteiger partial charge in [-0.25, -0.2) is 4.79 Å². The van der Waals surface area contributed by atoms with Gasteiger partial charge in [0.15, 0.2) is 0 Å². The number of nitrogens with zero attached hydrogens (tertiary/aromatic N) is 1. The Balaban J connectivity index is 1.32. The first-order chi connectivity index (χ1) is 16.1. The van der Waals surface area contributed by atoms with Gasteiger partial charge < -0.3 is 19.7 Å². The van der Waals surface area contributed by atoms with Crippen molar-refractivity contribution in [2.24, 2.45) is 0 Å². The largest absolute Gasteiger partial charge is 0.488 e. The predicted molar refractivity (Wildman–Crippen MR) is 124 cm³/mol. The first kappa shape index (κ1) is 23.7. The molecular weight excluding hydrogens is 458 g/mol. The Morgan fingerprint density at radius 2 is 1.94 bits per heavy atom. The summed E-state index contributed by atoms with van der Waals surface area (Å²) in [4.78, 5) is 50.7. The van der Waals surface area contributed by atoms with E-state index in [9.17, 15) is 19.2 Å². The van der Waals surface area contributed by atoms with Crippen LogP contribution in [0.1, 0.15) is 60.0 Å². The van der Waals surface area contributed by atoms with Crippen LogP contribution in [0.15, 0.2) is 29.6 Å². The summed E-state index contributed by atoms with van der Waals surface area (Å²) in [5.74, 6) is -0.247. The number of nitrogens with one attached hydrogen (secondary N) is 2. The van der Waals surface area contributed by atoms with Crippen LogP contribution in [0.4, 0.5) is 4.79 Å². The lowest BCUT2D eigenvalue weighted by Gasteiger charge is -2.29. The van der Waals surface area contributed by atoms with E-state index < -0.39 is 23.6 Å². The van der Waals surface area contributed by atoms with Crippen molar-refractivity contribution in [1.29, 1.82) is 0 Å². The molecule has 0 bridgehead atoms. The fraction of sp³-hybridized carbons (Fsp3) is 0.417. The Kier molecular flexibility index (Phi) is 6.60. The number of fused-ring (bicyclic) bond motifs is 1. The van der Waals surface area contributed by atoms with Gasteiger partial charge in [-0.2, -0.15) is 0 Å². The number of imide groups is 1. The summed E-state index contributed by atoms with van der Waals surface area (Å²) >= 11 is 1.46. The van der Waals surface area contributed by atoms with E-state index in [0.29, 0.717) is 37.4 Å². The second-order valence-electron chi connectivity index (χ2n) is 9.24. The molecule has 2 aromatic rings. The third kappa shape index (κ3) is 5.39. The second-order valence-corrected chi connectivity index (χ2v) is 10.2. The molecule has 180 valence electrons. The maximum Gasteiger partial charge on any atom is 0.407 e. The molecule has 2 N–H and O–H groups in total. The van der Waals surface area contributed by atoms with E-state index in [1.807, 2.05) is 45.0 Å². The van der Waals surface area contributed by atoms with Crippen LogP contribution >= 0.6 is 11.3 Å². The van der Waals surface area contributed by atoms with Crippen LogP contribution in [0.3, 0.4) is 0 Å². The Morgan fingerprint density at radius 1 is 1.21 bits per heavy atom. The van der Waals surface area contributed by atoms with Gasteiger partial charge in [-0.15, -0.1) is 11.3 Å². The summed E-state index contributed by atoms with van der Waals surface area (Å²) in [7, 11) is 0. The average Bonchev–Trinajstić information content (AvgIpc) is 3.30. The minimum Gasteiger partial charge on any atom is -0.488 e. The van der Waals surface area contributed by atoms with E-state index in [1.54, 1.807) is 5.38 Å². The van der Waals surface area contributed by atoms with Gasteiger partial charge >= 0.3 is 6.09 Å². The topological polar surface area (TPSA) is 114 Å². The number of amides is 4. The van der Waals surface area contributed by atoms with Crippen LogP contribution in [0.5, 0.6) is 5.75 Å². The molecule has 0 saturated carbocycles. The van der Waals surface area contributed by atoms with E-state index in [1.165, 1.54) is 16.2 Å². The molecule has 1 aromatic carbocycles. The summed E-state index contributed by atoms with van der Waals surface area (Å²) in [5, 5.41) is 6.83. The number of hydrogen-bond donors (Lipinski definition) is 2. The zero-order valence-corrected chi connectivity index (χ0v) is 20.1. The Hall–Kier alpha value is -3.40. The Bertz CT molecular complexity index is 1120. The summed E-state index contributed by atoms with van der Waals surface area (Å²) in [6, 6.07) is 6.74. The smallest absolute Gasteiger partial charge is 0.407 e. The van der Waals surface area contributed by atoms with Gasteiger partial charge in [0.2, 0.25) is 11.8 Å². The molecular formula is C24H27N3O6S. The summed E-state index contributed by atoms with van der Waals surface area (Å²) in [6.07, 6.45) is 0.0949. The van der Waals surface area contributed by atoms with Gasteiger partial charge in [-0.3, -0.25) is 19.7 Å². The highest BCUT2D eigenvalue weighted by Crippen LogP contribution is 2.34. The molecule has 2 aliphatic heterocycles. The molecule has 1 fully saturated rings. The zero-order valence-electron chi connectivity index (χ0n) is 19.3. The highest BCUT2D eigenvalue weighted by molar-refractivity contribution is 7.10. The first-order valence-electron chi connectivity index (χ1n) is 11.0. The van der Waals surface area contributed by atoms with Crippen molar-refractivity contribution in [3.63, 3.8) is 0 Å². The SMILES string of the molecule is CC(C)(C)OC(=O)NCc1ccc(OCc2scc3c2CN(C2CCC(=O)NC2=O)C3=O)cc1. The fourth-order valence-electron chi connectivity index (χ4n) is 3.87. The minimum absolute atomic E-state index is 0.186. The van der Waals surface area contributed by atoms with E-state index >= 15 is 0 Å². The fourth-order valence-corrected chi connectivity index (χ4v) is 4.81. The molecule has 9 nitrogen and oxygen atoms in total. The number of carbonyl (C=O) groups excluding carboxylic acids is 4. The summed E-state index contributed by atoms with van der Waals surface area (Å²) in [5.41, 5.74) is 1.82. The molecule has 10 heteroatoms. The number of rotatable bonds is 6. The van der Waals surface area contributed by atoms with E-state index in [0.717, 1.165) is 16.0 Å². The highest BCUT2D eigenvalue weighted by Gasteiger charge is 2.40. The number of benzene rings is 1. The van der Waals surface area contributed by atoms with Crippen LogP contribution < -0.4 is 15.4 Å². The maximum atomic E-state index is 12.8. The number of thiophene rings is 1. The predicted octanol–water partition coefficient (Wildman–Crippen LogP) is 3.11. The minimum atomic E-state index is -0.627. The lowest BCUT2D eigenvalue weighted by molar-refractivity contribution is -0.136. The summed E-state index contributed by atoms with van der Waals surface area (Å²) < 4.78 is 11.1. The molecule has 4 rings (SSSR count). The molecule has 1 unspecified atom stereocenters. The van der Waals surface area contributed by atoms with Gasteiger partial charge in [0.05, 0.1) is 5.56 Å². The quantitative estimate of drug-likeness (QED) is 0.608. The molecule has 34 heavy (non-hydrogen) atoms.